The predicted molar refractivity (Wildman–Crippen MR) is 154 cm³/mol. The number of ketones is 1. The molecule has 1 N–H and O–H groups in total. The molecule has 0 fully saturated rings. The molecule has 0 saturated heterocycles. The number of aryl methyl sites for hydroxylation is 1. The second-order valence-electron chi connectivity index (χ2n) is 9.89. The lowest BCUT2D eigenvalue weighted by Gasteiger charge is -2.25. The maximum atomic E-state index is 14.3. The summed E-state index contributed by atoms with van der Waals surface area (Å²) in [6.07, 6.45) is 1.12. The summed E-state index contributed by atoms with van der Waals surface area (Å²) < 4.78 is 14.3. The first-order valence-electron chi connectivity index (χ1n) is 13.4. The van der Waals surface area contributed by atoms with Gasteiger partial charge in [0.1, 0.15) is 17.4 Å². The molecule has 2 aromatic heterocycles. The van der Waals surface area contributed by atoms with Crippen LogP contribution in [-0.2, 0) is 24.2 Å². The van der Waals surface area contributed by atoms with E-state index >= 15 is 0 Å². The van der Waals surface area contributed by atoms with Gasteiger partial charge in [-0.15, -0.1) is 10.2 Å². The molecule has 0 bridgehead atoms. The molecule has 202 valence electrons. The van der Waals surface area contributed by atoms with E-state index in [1.165, 1.54) is 11.6 Å². The van der Waals surface area contributed by atoms with Gasteiger partial charge in [0.15, 0.2) is 0 Å². The molecule has 7 nitrogen and oxygen atoms in total. The number of tetrazole rings is 1. The minimum Gasteiger partial charge on any atom is -0.352 e. The minimum atomic E-state index is -0.367. The fourth-order valence-corrected chi connectivity index (χ4v) is 4.81. The Morgan fingerprint density at radius 2 is 1.70 bits per heavy atom. The van der Waals surface area contributed by atoms with E-state index in [1.54, 1.807) is 18.2 Å². The number of H-pyrrole nitrogens is 1. The number of halogens is 1. The maximum Gasteiger partial charge on any atom is 0.205 e. The lowest BCUT2D eigenvalue weighted by atomic mass is 9.97. The summed E-state index contributed by atoms with van der Waals surface area (Å²) in [6.45, 7) is 5.62. The fraction of sp³-hybridized carbons (Fsp3) is 0.219. The number of carbonyl (C=O) groups is 1. The van der Waals surface area contributed by atoms with E-state index in [9.17, 15) is 9.18 Å². The quantitative estimate of drug-likeness (QED) is 0.219. The van der Waals surface area contributed by atoms with Crippen LogP contribution in [-0.4, -0.2) is 37.9 Å². The summed E-state index contributed by atoms with van der Waals surface area (Å²) in [5, 5.41) is 14.7. The van der Waals surface area contributed by atoms with Gasteiger partial charge in [0.2, 0.25) is 5.82 Å². The molecule has 40 heavy (non-hydrogen) atoms. The number of pyridine rings is 1. The molecule has 5 aromatic rings. The highest BCUT2D eigenvalue weighted by Gasteiger charge is 2.18. The van der Waals surface area contributed by atoms with E-state index in [1.807, 2.05) is 55.5 Å². The first kappa shape index (κ1) is 26.9. The van der Waals surface area contributed by atoms with Gasteiger partial charge >= 0.3 is 0 Å². The molecule has 0 aliphatic carbocycles. The van der Waals surface area contributed by atoms with Crippen LogP contribution in [0.5, 0.6) is 0 Å². The van der Waals surface area contributed by atoms with Crippen molar-refractivity contribution in [3.05, 3.63) is 113 Å². The average Bonchev–Trinajstić information content (AvgIpc) is 3.49. The second kappa shape index (κ2) is 12.4. The third kappa shape index (κ3) is 6.46. The molecule has 2 heterocycles. The molecule has 0 atom stereocenters. The van der Waals surface area contributed by atoms with Crippen molar-refractivity contribution in [2.24, 2.45) is 0 Å². The Kier molecular flexibility index (Phi) is 8.35. The van der Waals surface area contributed by atoms with Crippen molar-refractivity contribution in [3.63, 3.8) is 0 Å². The summed E-state index contributed by atoms with van der Waals surface area (Å²) in [6, 6.07) is 26.6. The molecular formula is C32H31FN6O. The van der Waals surface area contributed by atoms with Crippen molar-refractivity contribution < 1.29 is 9.18 Å². The number of hydrogen-bond acceptors (Lipinski definition) is 6. The van der Waals surface area contributed by atoms with E-state index < -0.39 is 0 Å². The van der Waals surface area contributed by atoms with E-state index in [0.717, 1.165) is 41.0 Å². The Morgan fingerprint density at radius 1 is 0.900 bits per heavy atom. The molecule has 5 rings (SSSR count). The zero-order valence-electron chi connectivity index (χ0n) is 22.6. The van der Waals surface area contributed by atoms with Crippen LogP contribution in [0.3, 0.4) is 0 Å². The van der Waals surface area contributed by atoms with Crippen molar-refractivity contribution in [1.82, 2.24) is 25.6 Å². The van der Waals surface area contributed by atoms with Gasteiger partial charge in [-0.2, -0.15) is 5.21 Å². The monoisotopic (exact) mass is 534 g/mol. The predicted octanol–water partition coefficient (Wildman–Crippen LogP) is 6.15. The topological polar surface area (TPSA) is 87.7 Å². The van der Waals surface area contributed by atoms with Crippen LogP contribution in [0.15, 0.2) is 84.9 Å². The SMILES string of the molecule is CCCN(Cc1ccccc1)c1cc(CC(=O)Cc2ccccc2F)cc(-c2cc(C)ccc2-c2nn[nH]n2)n1. The van der Waals surface area contributed by atoms with Crippen LogP contribution in [0, 0.1) is 12.7 Å². The normalized spacial score (nSPS) is 11.0. The van der Waals surface area contributed by atoms with Crippen LogP contribution in [0.1, 0.15) is 35.6 Å². The lowest BCUT2D eigenvalue weighted by molar-refractivity contribution is -0.117. The van der Waals surface area contributed by atoms with Crippen LogP contribution in [0.4, 0.5) is 10.2 Å². The third-order valence-corrected chi connectivity index (χ3v) is 6.69. The second-order valence-corrected chi connectivity index (χ2v) is 9.89. The summed E-state index contributed by atoms with van der Waals surface area (Å²) in [4.78, 5) is 20.5. The lowest BCUT2D eigenvalue weighted by Crippen LogP contribution is -2.25. The Labute approximate surface area is 233 Å². The van der Waals surface area contributed by atoms with Crippen LogP contribution < -0.4 is 4.90 Å². The molecule has 0 aliphatic heterocycles. The number of anilines is 1. The molecule has 0 unspecified atom stereocenters. The van der Waals surface area contributed by atoms with Gasteiger partial charge in [-0.05, 0) is 59.5 Å². The highest BCUT2D eigenvalue weighted by atomic mass is 19.1. The number of nitrogens with zero attached hydrogens (tertiary/aromatic N) is 5. The molecule has 0 amide bonds. The Balaban J connectivity index is 1.57. The Hall–Kier alpha value is -4.72. The van der Waals surface area contributed by atoms with E-state index in [-0.39, 0.29) is 24.4 Å². The van der Waals surface area contributed by atoms with Crippen LogP contribution >= 0.6 is 0 Å². The van der Waals surface area contributed by atoms with Gasteiger partial charge < -0.3 is 4.90 Å². The number of Topliss-reactive ketones (excluding diaryl/α,β-unsaturated/α-hetero) is 1. The molecule has 3 aromatic carbocycles. The van der Waals surface area contributed by atoms with Crippen molar-refractivity contribution >= 4 is 11.6 Å². The number of benzene rings is 3. The summed E-state index contributed by atoms with van der Waals surface area (Å²) in [5.74, 6) is 0.806. The number of nitrogens with one attached hydrogen (secondary N) is 1. The zero-order valence-corrected chi connectivity index (χ0v) is 22.6. The Bertz CT molecular complexity index is 1590. The van der Waals surface area contributed by atoms with E-state index in [0.29, 0.717) is 23.6 Å². The van der Waals surface area contributed by atoms with Gasteiger partial charge in [-0.3, -0.25) is 4.79 Å². The van der Waals surface area contributed by atoms with Gasteiger partial charge in [0.05, 0.1) is 5.69 Å². The van der Waals surface area contributed by atoms with Crippen molar-refractivity contribution in [3.8, 4) is 22.6 Å². The summed E-state index contributed by atoms with van der Waals surface area (Å²) in [7, 11) is 0. The molecule has 0 radical (unpaired) electrons. The highest BCUT2D eigenvalue weighted by molar-refractivity contribution is 5.85. The summed E-state index contributed by atoms with van der Waals surface area (Å²) >= 11 is 0. The molecule has 0 aliphatic rings. The number of aromatic amines is 1. The van der Waals surface area contributed by atoms with Gasteiger partial charge in [0, 0.05) is 37.1 Å². The highest BCUT2D eigenvalue weighted by Crippen LogP contribution is 2.32. The average molecular weight is 535 g/mol. The number of aromatic nitrogens is 5. The maximum absolute atomic E-state index is 14.3. The smallest absolute Gasteiger partial charge is 0.205 e. The number of hydrogen-bond donors (Lipinski definition) is 1. The fourth-order valence-electron chi connectivity index (χ4n) is 4.81. The molecule has 0 saturated carbocycles. The molecule has 0 spiro atoms. The largest absolute Gasteiger partial charge is 0.352 e. The van der Waals surface area contributed by atoms with E-state index in [2.05, 4.69) is 44.6 Å². The molecular weight excluding hydrogens is 503 g/mol. The van der Waals surface area contributed by atoms with Crippen molar-refractivity contribution in [2.75, 3.05) is 11.4 Å². The van der Waals surface area contributed by atoms with Crippen LogP contribution in [0.25, 0.3) is 22.6 Å². The first-order valence-corrected chi connectivity index (χ1v) is 13.4. The van der Waals surface area contributed by atoms with Crippen molar-refractivity contribution in [2.45, 2.75) is 39.7 Å². The third-order valence-electron chi connectivity index (χ3n) is 6.69. The zero-order chi connectivity index (χ0) is 27.9. The minimum absolute atomic E-state index is 0.0287. The van der Waals surface area contributed by atoms with E-state index in [4.69, 9.17) is 4.98 Å². The first-order chi connectivity index (χ1) is 19.5. The standard InChI is InChI=1S/C32H31FN6O/c1-3-15-39(21-23-9-5-4-6-10-23)31-19-24(17-26(40)20-25-11-7-8-12-29(25)33)18-30(34-31)28-16-22(2)13-14-27(28)32-35-37-38-36-32/h4-14,16,18-19H,3,15,17,20-21H2,1-2H3,(H,35,36,37,38). The van der Waals surface area contributed by atoms with Gasteiger partial charge in [-0.1, -0.05) is 73.2 Å². The molecule has 8 heteroatoms. The number of rotatable bonds is 11. The number of carbonyl (C=O) groups excluding carboxylic acids is 1. The van der Waals surface area contributed by atoms with Crippen LogP contribution in [0.2, 0.25) is 0 Å². The van der Waals surface area contributed by atoms with Gasteiger partial charge in [-0.25, -0.2) is 9.37 Å². The summed E-state index contributed by atoms with van der Waals surface area (Å²) in [5.41, 5.74) is 5.79. The van der Waals surface area contributed by atoms with Gasteiger partial charge in [0.25, 0.3) is 0 Å². The van der Waals surface area contributed by atoms with Crippen molar-refractivity contribution in [1.29, 1.82) is 0 Å². The Morgan fingerprint density at radius 3 is 2.45 bits per heavy atom.